The Labute approximate surface area is 95.0 Å². The maximum atomic E-state index is 9.39. The zero-order valence-corrected chi connectivity index (χ0v) is 8.85. The standard InChI is InChI=1S/C15H11N/c16-11-15(10-12-6-2-1-3-7-12)13-8-4-5-9-14(13)15/h1-9H,10H2. The molecule has 0 aromatic heterocycles. The molecule has 1 nitrogen and oxygen atoms in total. The first kappa shape index (κ1) is 9.18. The van der Waals surface area contributed by atoms with Crippen molar-refractivity contribution in [3.05, 3.63) is 71.3 Å². The minimum atomic E-state index is -0.342. The third-order valence-corrected chi connectivity index (χ3v) is 3.29. The van der Waals surface area contributed by atoms with Crippen LogP contribution in [0.4, 0.5) is 0 Å². The van der Waals surface area contributed by atoms with Gasteiger partial charge in [-0.2, -0.15) is 5.26 Å². The highest BCUT2D eigenvalue weighted by Crippen LogP contribution is 2.51. The van der Waals surface area contributed by atoms with E-state index in [2.05, 4.69) is 30.3 Å². The first-order chi connectivity index (χ1) is 7.87. The smallest absolute Gasteiger partial charge is 0.112 e. The summed E-state index contributed by atoms with van der Waals surface area (Å²) in [6.45, 7) is 0. The fourth-order valence-corrected chi connectivity index (χ4v) is 2.38. The van der Waals surface area contributed by atoms with Crippen molar-refractivity contribution in [2.24, 2.45) is 0 Å². The van der Waals surface area contributed by atoms with Gasteiger partial charge in [0.1, 0.15) is 5.41 Å². The van der Waals surface area contributed by atoms with Gasteiger partial charge in [-0.25, -0.2) is 0 Å². The Morgan fingerprint density at radius 1 is 0.875 bits per heavy atom. The molecule has 0 atom stereocenters. The quantitative estimate of drug-likeness (QED) is 0.739. The summed E-state index contributed by atoms with van der Waals surface area (Å²) in [7, 11) is 0. The van der Waals surface area contributed by atoms with Crippen LogP contribution in [0, 0.1) is 11.3 Å². The van der Waals surface area contributed by atoms with Crippen molar-refractivity contribution in [3.8, 4) is 6.07 Å². The highest BCUT2D eigenvalue weighted by Gasteiger charge is 2.50. The van der Waals surface area contributed by atoms with Gasteiger partial charge in [-0.15, -0.1) is 0 Å². The minimum absolute atomic E-state index is 0.342. The van der Waals surface area contributed by atoms with Crippen LogP contribution in [-0.2, 0) is 11.8 Å². The van der Waals surface area contributed by atoms with Crippen molar-refractivity contribution in [2.75, 3.05) is 0 Å². The molecular weight excluding hydrogens is 194 g/mol. The molecule has 0 unspecified atom stereocenters. The second-order valence-corrected chi connectivity index (χ2v) is 4.23. The predicted molar refractivity (Wildman–Crippen MR) is 63.0 cm³/mol. The number of benzene rings is 2. The van der Waals surface area contributed by atoms with Crippen LogP contribution in [-0.4, -0.2) is 0 Å². The molecule has 0 amide bonds. The van der Waals surface area contributed by atoms with Crippen molar-refractivity contribution in [3.63, 3.8) is 0 Å². The van der Waals surface area contributed by atoms with Crippen LogP contribution in [0.15, 0.2) is 54.6 Å². The number of fused-ring (bicyclic) bond motifs is 1. The molecule has 0 saturated heterocycles. The Kier molecular flexibility index (Phi) is 1.84. The number of nitrogens with zero attached hydrogens (tertiary/aromatic N) is 1. The molecule has 0 radical (unpaired) electrons. The Bertz CT molecular complexity index is 540. The van der Waals surface area contributed by atoms with Crippen LogP contribution < -0.4 is 0 Å². The van der Waals surface area contributed by atoms with Crippen LogP contribution in [0.3, 0.4) is 0 Å². The van der Waals surface area contributed by atoms with Crippen molar-refractivity contribution in [1.29, 1.82) is 5.26 Å². The van der Waals surface area contributed by atoms with Crippen molar-refractivity contribution < 1.29 is 0 Å². The molecule has 0 bridgehead atoms. The summed E-state index contributed by atoms with van der Waals surface area (Å²) in [5.74, 6) is 0. The average molecular weight is 205 g/mol. The predicted octanol–water partition coefficient (Wildman–Crippen LogP) is 3.05. The van der Waals surface area contributed by atoms with Gasteiger partial charge in [-0.05, 0) is 23.1 Å². The molecular formula is C15H11N. The van der Waals surface area contributed by atoms with Crippen LogP contribution in [0.2, 0.25) is 0 Å². The van der Waals surface area contributed by atoms with Crippen LogP contribution in [0.1, 0.15) is 16.7 Å². The Balaban J connectivity index is 1.95. The van der Waals surface area contributed by atoms with E-state index in [-0.39, 0.29) is 5.41 Å². The Hall–Kier alpha value is -2.07. The molecule has 0 saturated carbocycles. The lowest BCUT2D eigenvalue weighted by atomic mass is 9.94. The van der Waals surface area contributed by atoms with E-state index in [0.29, 0.717) is 0 Å². The zero-order valence-electron chi connectivity index (χ0n) is 8.85. The summed E-state index contributed by atoms with van der Waals surface area (Å²) in [6, 6.07) is 20.8. The summed E-state index contributed by atoms with van der Waals surface area (Å²) in [6.07, 6.45) is 0.795. The van der Waals surface area contributed by atoms with Crippen LogP contribution in [0.5, 0.6) is 0 Å². The molecule has 16 heavy (non-hydrogen) atoms. The van der Waals surface area contributed by atoms with Gasteiger partial charge in [-0.1, -0.05) is 54.6 Å². The fraction of sp³-hybridized carbons (Fsp3) is 0.133. The minimum Gasteiger partial charge on any atom is -0.197 e. The van der Waals surface area contributed by atoms with E-state index in [9.17, 15) is 5.26 Å². The van der Waals surface area contributed by atoms with Gasteiger partial charge < -0.3 is 0 Å². The largest absolute Gasteiger partial charge is 0.197 e. The van der Waals surface area contributed by atoms with E-state index >= 15 is 0 Å². The van der Waals surface area contributed by atoms with Gasteiger partial charge in [0.15, 0.2) is 0 Å². The lowest BCUT2D eigenvalue weighted by Crippen LogP contribution is -2.08. The highest BCUT2D eigenvalue weighted by molar-refractivity contribution is 5.66. The maximum absolute atomic E-state index is 9.39. The van der Waals surface area contributed by atoms with Crippen LogP contribution >= 0.6 is 0 Å². The van der Waals surface area contributed by atoms with Crippen molar-refractivity contribution >= 4 is 0 Å². The first-order valence-electron chi connectivity index (χ1n) is 5.42. The van der Waals surface area contributed by atoms with Gasteiger partial charge in [0.05, 0.1) is 6.07 Å². The molecule has 1 aliphatic carbocycles. The van der Waals surface area contributed by atoms with Gasteiger partial charge in [0.25, 0.3) is 0 Å². The lowest BCUT2D eigenvalue weighted by Gasteiger charge is -2.06. The molecule has 3 rings (SSSR count). The monoisotopic (exact) mass is 205 g/mol. The van der Waals surface area contributed by atoms with Gasteiger partial charge in [0.2, 0.25) is 0 Å². The van der Waals surface area contributed by atoms with E-state index in [1.807, 2.05) is 30.3 Å². The molecule has 1 heteroatoms. The summed E-state index contributed by atoms with van der Waals surface area (Å²) in [4.78, 5) is 0. The third kappa shape index (κ3) is 1.17. The van der Waals surface area contributed by atoms with Gasteiger partial charge in [-0.3, -0.25) is 0 Å². The SMILES string of the molecule is N#CC1(Cc2ccccc2)c2ccccc21. The van der Waals surface area contributed by atoms with E-state index in [4.69, 9.17) is 0 Å². The summed E-state index contributed by atoms with van der Waals surface area (Å²) < 4.78 is 0. The van der Waals surface area contributed by atoms with Crippen molar-refractivity contribution in [1.82, 2.24) is 0 Å². The summed E-state index contributed by atoms with van der Waals surface area (Å²) in [5.41, 5.74) is 3.27. The molecule has 0 aliphatic heterocycles. The summed E-state index contributed by atoms with van der Waals surface area (Å²) in [5, 5.41) is 9.39. The number of hydrogen-bond donors (Lipinski definition) is 0. The van der Waals surface area contributed by atoms with E-state index in [0.717, 1.165) is 6.42 Å². The van der Waals surface area contributed by atoms with Crippen LogP contribution in [0.25, 0.3) is 0 Å². The molecule has 76 valence electrons. The van der Waals surface area contributed by atoms with E-state index in [1.165, 1.54) is 16.7 Å². The summed E-state index contributed by atoms with van der Waals surface area (Å²) >= 11 is 0. The third-order valence-electron chi connectivity index (χ3n) is 3.29. The zero-order chi connectivity index (χ0) is 11.0. The molecule has 2 aromatic rings. The molecule has 2 aromatic carbocycles. The fourth-order valence-electron chi connectivity index (χ4n) is 2.38. The number of nitriles is 1. The molecule has 0 spiro atoms. The van der Waals surface area contributed by atoms with Gasteiger partial charge >= 0.3 is 0 Å². The lowest BCUT2D eigenvalue weighted by molar-refractivity contribution is 0.787. The molecule has 0 heterocycles. The maximum Gasteiger partial charge on any atom is 0.112 e. The van der Waals surface area contributed by atoms with E-state index in [1.54, 1.807) is 0 Å². The Morgan fingerprint density at radius 2 is 1.44 bits per heavy atom. The molecule has 0 N–H and O–H groups in total. The number of hydrogen-bond acceptors (Lipinski definition) is 1. The highest BCUT2D eigenvalue weighted by atomic mass is 14.5. The van der Waals surface area contributed by atoms with Gasteiger partial charge in [0, 0.05) is 0 Å². The topological polar surface area (TPSA) is 23.8 Å². The molecule has 0 fully saturated rings. The number of rotatable bonds is 2. The second kappa shape index (κ2) is 3.21. The van der Waals surface area contributed by atoms with Crippen molar-refractivity contribution in [2.45, 2.75) is 11.8 Å². The second-order valence-electron chi connectivity index (χ2n) is 4.23. The van der Waals surface area contributed by atoms with E-state index < -0.39 is 0 Å². The molecule has 1 aliphatic rings. The first-order valence-corrected chi connectivity index (χ1v) is 5.42. The Morgan fingerprint density at radius 3 is 2.00 bits per heavy atom. The average Bonchev–Trinajstić information content (AvgIpc) is 3.00. The normalized spacial score (nSPS) is 14.9.